The van der Waals surface area contributed by atoms with Crippen molar-refractivity contribution in [2.45, 2.75) is 32.9 Å². The van der Waals surface area contributed by atoms with Crippen LogP contribution in [-0.2, 0) is 4.79 Å². The van der Waals surface area contributed by atoms with Gasteiger partial charge in [-0.25, -0.2) is 15.4 Å². The van der Waals surface area contributed by atoms with Gasteiger partial charge in [-0.2, -0.15) is 5.10 Å². The lowest BCUT2D eigenvalue weighted by Crippen LogP contribution is -2.19. The Morgan fingerprint density at radius 2 is 1.83 bits per heavy atom. The molecule has 0 spiro atoms. The molecule has 0 bridgehead atoms. The molecule has 0 saturated carbocycles. The van der Waals surface area contributed by atoms with Crippen LogP contribution in [0.25, 0.3) is 5.69 Å². The highest BCUT2D eigenvalue weighted by Crippen LogP contribution is 2.28. The van der Waals surface area contributed by atoms with Gasteiger partial charge in [0.15, 0.2) is 5.16 Å². The number of thioether (sulfide) groups is 1. The number of hydrogen-bond donors (Lipinski definition) is 1. The maximum absolute atomic E-state index is 12.1. The van der Waals surface area contributed by atoms with E-state index in [9.17, 15) is 4.79 Å². The summed E-state index contributed by atoms with van der Waals surface area (Å²) in [6.45, 7) is 7.75. The van der Waals surface area contributed by atoms with Crippen LogP contribution in [0.4, 0.5) is 0 Å². The van der Waals surface area contributed by atoms with Crippen molar-refractivity contribution in [3.8, 4) is 5.69 Å². The van der Waals surface area contributed by atoms with Crippen molar-refractivity contribution in [1.82, 2.24) is 20.0 Å². The summed E-state index contributed by atoms with van der Waals surface area (Å²) in [5, 5.41) is 5.81. The van der Waals surface area contributed by atoms with Gasteiger partial charge in [0.1, 0.15) is 0 Å². The zero-order chi connectivity index (χ0) is 21.8. The Hall–Kier alpha value is -2.35. The minimum Gasteiger partial charge on any atom is -0.316 e. The quantitative estimate of drug-likeness (QED) is 0.241. The van der Waals surface area contributed by atoms with E-state index in [0.717, 1.165) is 34.0 Å². The molecule has 2 aromatic heterocycles. The molecule has 3 rings (SSSR count). The van der Waals surface area contributed by atoms with Crippen molar-refractivity contribution in [2.24, 2.45) is 5.10 Å². The summed E-state index contributed by atoms with van der Waals surface area (Å²) < 4.78 is 2.02. The van der Waals surface area contributed by atoms with Crippen molar-refractivity contribution in [3.05, 3.63) is 68.7 Å². The number of nitrogens with one attached hydrogen (secondary N) is 1. The molecule has 0 saturated heterocycles. The average Bonchev–Trinajstić information content (AvgIpc) is 2.93. The zero-order valence-electron chi connectivity index (χ0n) is 17.0. The Balaban J connectivity index is 1.65. The fourth-order valence-electron chi connectivity index (χ4n) is 3.05. The highest BCUT2D eigenvalue weighted by atomic mass is 35.5. The molecule has 1 N–H and O–H groups in total. The van der Waals surface area contributed by atoms with Gasteiger partial charge in [-0.15, -0.1) is 0 Å². The first-order valence-electron chi connectivity index (χ1n) is 9.16. The molecule has 156 valence electrons. The van der Waals surface area contributed by atoms with Crippen LogP contribution in [-0.4, -0.2) is 32.4 Å². The van der Waals surface area contributed by atoms with Gasteiger partial charge in [-0.3, -0.25) is 4.79 Å². The van der Waals surface area contributed by atoms with Gasteiger partial charge < -0.3 is 4.57 Å². The number of nitrogens with zero attached hydrogens (tertiary/aromatic N) is 4. The second-order valence-electron chi connectivity index (χ2n) is 6.77. The molecule has 0 aliphatic rings. The molecular weight excluding hydrogens is 441 g/mol. The van der Waals surface area contributed by atoms with E-state index >= 15 is 0 Å². The summed E-state index contributed by atoms with van der Waals surface area (Å²) in [5.41, 5.74) is 7.96. The van der Waals surface area contributed by atoms with Gasteiger partial charge in [-0.05, 0) is 58.0 Å². The molecule has 0 unspecified atom stereocenters. The van der Waals surface area contributed by atoms with Crippen molar-refractivity contribution < 1.29 is 4.79 Å². The van der Waals surface area contributed by atoms with Crippen LogP contribution in [0.15, 0.2) is 40.6 Å². The minimum atomic E-state index is -0.228. The predicted molar refractivity (Wildman–Crippen MR) is 123 cm³/mol. The lowest BCUT2D eigenvalue weighted by molar-refractivity contribution is -0.118. The summed E-state index contributed by atoms with van der Waals surface area (Å²) in [5.74, 6) is -0.0480. The molecule has 6 nitrogen and oxygen atoms in total. The van der Waals surface area contributed by atoms with E-state index in [1.54, 1.807) is 18.3 Å². The largest absolute Gasteiger partial charge is 0.316 e. The fraction of sp³-hybridized carbons (Fsp3) is 0.238. The van der Waals surface area contributed by atoms with Crippen molar-refractivity contribution in [1.29, 1.82) is 0 Å². The van der Waals surface area contributed by atoms with Crippen LogP contribution < -0.4 is 5.43 Å². The number of aromatic nitrogens is 3. The maximum Gasteiger partial charge on any atom is 0.250 e. The molecule has 1 aromatic carbocycles. The number of rotatable bonds is 6. The second kappa shape index (κ2) is 9.64. The number of amides is 1. The first-order chi connectivity index (χ1) is 14.2. The van der Waals surface area contributed by atoms with Crippen LogP contribution in [0.3, 0.4) is 0 Å². The van der Waals surface area contributed by atoms with E-state index < -0.39 is 0 Å². The molecule has 2 heterocycles. The zero-order valence-corrected chi connectivity index (χ0v) is 19.4. The molecule has 0 aliphatic carbocycles. The topological polar surface area (TPSA) is 72.2 Å². The van der Waals surface area contributed by atoms with Crippen LogP contribution in [0.1, 0.15) is 28.3 Å². The lowest BCUT2D eigenvalue weighted by atomic mass is 10.2. The smallest absolute Gasteiger partial charge is 0.250 e. The van der Waals surface area contributed by atoms with Gasteiger partial charge in [0.05, 0.1) is 22.7 Å². The van der Waals surface area contributed by atoms with E-state index in [0.29, 0.717) is 15.2 Å². The molecule has 9 heteroatoms. The molecule has 0 atom stereocenters. The van der Waals surface area contributed by atoms with E-state index in [1.807, 2.05) is 50.5 Å². The predicted octanol–water partition coefficient (Wildman–Crippen LogP) is 5.05. The number of aryl methyl sites for hydroxylation is 3. The highest BCUT2D eigenvalue weighted by Gasteiger charge is 2.12. The van der Waals surface area contributed by atoms with Gasteiger partial charge >= 0.3 is 0 Å². The normalized spacial score (nSPS) is 11.3. The van der Waals surface area contributed by atoms with E-state index in [1.165, 1.54) is 11.8 Å². The maximum atomic E-state index is 12.1. The summed E-state index contributed by atoms with van der Waals surface area (Å²) in [6, 6.07) is 9.25. The van der Waals surface area contributed by atoms with E-state index in [-0.39, 0.29) is 11.7 Å². The van der Waals surface area contributed by atoms with E-state index in [4.69, 9.17) is 23.2 Å². The van der Waals surface area contributed by atoms with Crippen molar-refractivity contribution >= 4 is 47.1 Å². The standard InChI is InChI=1S/C21H21Cl2N5OS/c1-12-7-13(2)26-21(25-12)30-11-20(29)27-24-10-16-8-14(3)28(15(16)4)19-6-5-17(22)9-18(19)23/h5-10H,11H2,1-4H3,(H,27,29)/b24-10-. The first kappa shape index (κ1) is 22.3. The molecule has 0 radical (unpaired) electrons. The van der Waals surface area contributed by atoms with Crippen LogP contribution >= 0.6 is 35.0 Å². The third-order valence-electron chi connectivity index (χ3n) is 4.31. The summed E-state index contributed by atoms with van der Waals surface area (Å²) in [4.78, 5) is 20.7. The third-order valence-corrected chi connectivity index (χ3v) is 5.69. The number of halogens is 2. The lowest BCUT2D eigenvalue weighted by Gasteiger charge is -2.11. The Bertz CT molecular complexity index is 1110. The van der Waals surface area contributed by atoms with Gasteiger partial charge in [-0.1, -0.05) is 35.0 Å². The Kier molecular flexibility index (Phi) is 7.18. The second-order valence-corrected chi connectivity index (χ2v) is 8.56. The Morgan fingerprint density at radius 1 is 1.13 bits per heavy atom. The molecule has 1 amide bonds. The number of benzene rings is 1. The Labute approximate surface area is 189 Å². The molecule has 30 heavy (non-hydrogen) atoms. The highest BCUT2D eigenvalue weighted by molar-refractivity contribution is 7.99. The van der Waals surface area contributed by atoms with E-state index in [2.05, 4.69) is 20.5 Å². The number of carbonyl (C=O) groups excluding carboxylic acids is 1. The summed E-state index contributed by atoms with van der Waals surface area (Å²) >= 11 is 13.6. The van der Waals surface area contributed by atoms with Gasteiger partial charge in [0.25, 0.3) is 5.91 Å². The Morgan fingerprint density at radius 3 is 2.50 bits per heavy atom. The number of hydrogen-bond acceptors (Lipinski definition) is 5. The summed E-state index contributed by atoms with van der Waals surface area (Å²) in [7, 11) is 0. The number of hydrazone groups is 1. The SMILES string of the molecule is Cc1cc(C)nc(SCC(=O)N/N=C\c2cc(C)n(-c3ccc(Cl)cc3Cl)c2C)n1. The summed E-state index contributed by atoms with van der Waals surface area (Å²) in [6.07, 6.45) is 1.62. The monoisotopic (exact) mass is 461 g/mol. The molecule has 0 fully saturated rings. The molecule has 3 aromatic rings. The van der Waals surface area contributed by atoms with Crippen molar-refractivity contribution in [2.75, 3.05) is 5.75 Å². The minimum absolute atomic E-state index is 0.180. The van der Waals surface area contributed by atoms with Gasteiger partial charge in [0.2, 0.25) is 0 Å². The van der Waals surface area contributed by atoms with Crippen LogP contribution in [0.5, 0.6) is 0 Å². The molecular formula is C21H21Cl2N5OS. The third kappa shape index (κ3) is 5.41. The fourth-order valence-corrected chi connectivity index (χ4v) is 4.28. The number of carbonyl (C=O) groups is 1. The van der Waals surface area contributed by atoms with Crippen LogP contribution in [0.2, 0.25) is 10.0 Å². The van der Waals surface area contributed by atoms with Gasteiger partial charge in [0, 0.05) is 33.4 Å². The van der Waals surface area contributed by atoms with Crippen molar-refractivity contribution in [3.63, 3.8) is 0 Å². The average molecular weight is 462 g/mol. The van der Waals surface area contributed by atoms with Crippen LogP contribution in [0, 0.1) is 27.7 Å². The molecule has 0 aliphatic heterocycles. The first-order valence-corrected chi connectivity index (χ1v) is 10.9.